The van der Waals surface area contributed by atoms with Crippen molar-refractivity contribution in [2.75, 3.05) is 6.61 Å². The van der Waals surface area contributed by atoms with Crippen molar-refractivity contribution in [1.82, 2.24) is 5.32 Å². The van der Waals surface area contributed by atoms with Gasteiger partial charge < -0.3 is 14.8 Å². The number of hydrogen-bond acceptors (Lipinski definition) is 3. The predicted molar refractivity (Wildman–Crippen MR) is 67.0 cm³/mol. The van der Waals surface area contributed by atoms with Crippen LogP contribution in [0.1, 0.15) is 47.5 Å². The minimum absolute atomic E-state index is 0.150. The van der Waals surface area contributed by atoms with Crippen LogP contribution in [0.25, 0.3) is 0 Å². The van der Waals surface area contributed by atoms with Crippen LogP contribution in [-0.4, -0.2) is 30.4 Å². The van der Waals surface area contributed by atoms with E-state index in [-0.39, 0.29) is 12.1 Å². The van der Waals surface area contributed by atoms with Gasteiger partial charge in [0.05, 0.1) is 12.7 Å². The minimum atomic E-state index is -0.442. The van der Waals surface area contributed by atoms with Crippen LogP contribution in [0.4, 0.5) is 4.79 Å². The van der Waals surface area contributed by atoms with Gasteiger partial charge in [0, 0.05) is 6.04 Å². The van der Waals surface area contributed by atoms with E-state index in [1.165, 1.54) is 0 Å². The van der Waals surface area contributed by atoms with Crippen LogP contribution in [0.3, 0.4) is 0 Å². The third-order valence-electron chi connectivity index (χ3n) is 2.43. The highest BCUT2D eigenvalue weighted by Crippen LogP contribution is 2.20. The van der Waals surface area contributed by atoms with Gasteiger partial charge in [-0.2, -0.15) is 0 Å². The van der Waals surface area contributed by atoms with Crippen molar-refractivity contribution in [2.24, 2.45) is 5.92 Å². The van der Waals surface area contributed by atoms with Crippen molar-refractivity contribution >= 4 is 6.09 Å². The lowest BCUT2D eigenvalue weighted by Crippen LogP contribution is -2.40. The summed E-state index contributed by atoms with van der Waals surface area (Å²) in [5.74, 6) is 0.550. The molecule has 0 saturated carbocycles. The van der Waals surface area contributed by atoms with E-state index in [1.54, 1.807) is 0 Å². The number of hydrogen-bond donors (Lipinski definition) is 1. The Bertz CT molecular complexity index is 250. The zero-order valence-corrected chi connectivity index (χ0v) is 11.6. The van der Waals surface area contributed by atoms with Crippen molar-refractivity contribution in [3.8, 4) is 0 Å². The summed E-state index contributed by atoms with van der Waals surface area (Å²) in [4.78, 5) is 11.7. The van der Waals surface area contributed by atoms with Crippen LogP contribution >= 0.6 is 0 Å². The lowest BCUT2D eigenvalue weighted by atomic mass is 10.00. The van der Waals surface area contributed by atoms with Crippen LogP contribution in [0.2, 0.25) is 0 Å². The Kier molecular flexibility index (Phi) is 4.80. The normalized spacial score (nSPS) is 21.2. The SMILES string of the molecule is CC(C)C[C@@H](CC1CO1)NC(=O)OC(C)(C)C. The molecule has 17 heavy (non-hydrogen) atoms. The second kappa shape index (κ2) is 5.71. The number of amides is 1. The number of carbonyl (C=O) groups is 1. The fourth-order valence-corrected chi connectivity index (χ4v) is 1.78. The first-order chi connectivity index (χ1) is 7.76. The fourth-order valence-electron chi connectivity index (χ4n) is 1.78. The molecule has 0 aromatic carbocycles. The Morgan fingerprint density at radius 3 is 2.47 bits per heavy atom. The van der Waals surface area contributed by atoms with E-state index in [0.29, 0.717) is 12.0 Å². The van der Waals surface area contributed by atoms with Gasteiger partial charge in [-0.3, -0.25) is 0 Å². The summed E-state index contributed by atoms with van der Waals surface area (Å²) >= 11 is 0. The number of epoxide rings is 1. The Hall–Kier alpha value is -0.770. The lowest BCUT2D eigenvalue weighted by Gasteiger charge is -2.24. The molecule has 4 nitrogen and oxygen atoms in total. The highest BCUT2D eigenvalue weighted by Gasteiger charge is 2.28. The van der Waals surface area contributed by atoms with E-state index < -0.39 is 5.60 Å². The van der Waals surface area contributed by atoms with Gasteiger partial charge in [0.25, 0.3) is 0 Å². The van der Waals surface area contributed by atoms with Crippen LogP contribution < -0.4 is 5.32 Å². The zero-order chi connectivity index (χ0) is 13.1. The maximum atomic E-state index is 11.7. The molecule has 0 bridgehead atoms. The van der Waals surface area contributed by atoms with E-state index in [1.807, 2.05) is 20.8 Å². The quantitative estimate of drug-likeness (QED) is 0.755. The standard InChI is InChI=1S/C13H25NO3/c1-9(2)6-10(7-11-8-16-11)14-12(15)17-13(3,4)5/h9-11H,6-8H2,1-5H3,(H,14,15)/t10-,11?/m0/s1. The average Bonchev–Trinajstić information content (AvgIpc) is 2.81. The van der Waals surface area contributed by atoms with Gasteiger partial charge >= 0.3 is 6.09 Å². The molecule has 1 saturated heterocycles. The molecule has 0 aromatic rings. The molecule has 1 rings (SSSR count). The van der Waals surface area contributed by atoms with Gasteiger partial charge in [-0.1, -0.05) is 13.8 Å². The van der Waals surface area contributed by atoms with Crippen molar-refractivity contribution < 1.29 is 14.3 Å². The summed E-state index contributed by atoms with van der Waals surface area (Å²) < 4.78 is 10.5. The molecule has 1 heterocycles. The highest BCUT2D eigenvalue weighted by atomic mass is 16.6. The van der Waals surface area contributed by atoms with Crippen molar-refractivity contribution in [3.05, 3.63) is 0 Å². The maximum absolute atomic E-state index is 11.7. The molecule has 1 fully saturated rings. The van der Waals surface area contributed by atoms with Crippen LogP contribution in [0.15, 0.2) is 0 Å². The highest BCUT2D eigenvalue weighted by molar-refractivity contribution is 5.68. The summed E-state index contributed by atoms with van der Waals surface area (Å²) in [6, 6.07) is 0.150. The molecule has 1 aliphatic heterocycles. The Balaban J connectivity index is 2.38. The van der Waals surface area contributed by atoms with Crippen LogP contribution in [0.5, 0.6) is 0 Å². The molecule has 100 valence electrons. The third-order valence-corrected chi connectivity index (χ3v) is 2.43. The third kappa shape index (κ3) is 7.21. The molecular weight excluding hydrogens is 218 g/mol. The molecule has 0 spiro atoms. The topological polar surface area (TPSA) is 50.9 Å². The van der Waals surface area contributed by atoms with Crippen LogP contribution in [-0.2, 0) is 9.47 Å². The Labute approximate surface area is 104 Å². The molecule has 0 radical (unpaired) electrons. The van der Waals surface area contributed by atoms with E-state index in [9.17, 15) is 4.79 Å². The summed E-state index contributed by atoms with van der Waals surface area (Å²) in [5, 5.41) is 2.94. The number of ether oxygens (including phenoxy) is 2. The van der Waals surface area contributed by atoms with Gasteiger partial charge in [-0.25, -0.2) is 4.79 Å². The summed E-state index contributed by atoms with van der Waals surface area (Å²) in [6.45, 7) is 10.7. The largest absolute Gasteiger partial charge is 0.444 e. The van der Waals surface area contributed by atoms with E-state index in [4.69, 9.17) is 9.47 Å². The number of carbonyl (C=O) groups excluding carboxylic acids is 1. The van der Waals surface area contributed by atoms with Crippen molar-refractivity contribution in [3.63, 3.8) is 0 Å². The molecule has 1 N–H and O–H groups in total. The molecule has 4 heteroatoms. The average molecular weight is 243 g/mol. The second-order valence-electron chi connectivity index (χ2n) is 6.16. The monoisotopic (exact) mass is 243 g/mol. The summed E-state index contributed by atoms with van der Waals surface area (Å²) in [7, 11) is 0. The molecule has 2 atom stereocenters. The first-order valence-electron chi connectivity index (χ1n) is 6.37. The molecule has 1 aliphatic rings. The molecule has 0 aliphatic carbocycles. The van der Waals surface area contributed by atoms with Gasteiger partial charge in [0.1, 0.15) is 5.60 Å². The predicted octanol–water partition coefficient (Wildman–Crippen LogP) is 2.71. The first-order valence-corrected chi connectivity index (χ1v) is 6.37. The lowest BCUT2D eigenvalue weighted by molar-refractivity contribution is 0.0494. The van der Waals surface area contributed by atoms with Crippen molar-refractivity contribution in [2.45, 2.75) is 65.2 Å². The van der Waals surface area contributed by atoms with Crippen LogP contribution in [0, 0.1) is 5.92 Å². The Morgan fingerprint density at radius 2 is 2.06 bits per heavy atom. The molecular formula is C13H25NO3. The molecule has 1 unspecified atom stereocenters. The summed E-state index contributed by atoms with van der Waals surface area (Å²) in [5.41, 5.74) is -0.442. The maximum Gasteiger partial charge on any atom is 0.407 e. The number of rotatable bonds is 5. The second-order valence-corrected chi connectivity index (χ2v) is 6.16. The Morgan fingerprint density at radius 1 is 1.47 bits per heavy atom. The smallest absolute Gasteiger partial charge is 0.407 e. The van der Waals surface area contributed by atoms with Gasteiger partial charge in [-0.05, 0) is 39.5 Å². The zero-order valence-electron chi connectivity index (χ0n) is 11.6. The van der Waals surface area contributed by atoms with Gasteiger partial charge in [-0.15, -0.1) is 0 Å². The molecule has 0 aromatic heterocycles. The molecule has 1 amide bonds. The number of alkyl carbamates (subject to hydrolysis) is 1. The fraction of sp³-hybridized carbons (Fsp3) is 0.923. The van der Waals surface area contributed by atoms with Crippen molar-refractivity contribution in [1.29, 1.82) is 0 Å². The number of nitrogens with one attached hydrogen (secondary N) is 1. The van der Waals surface area contributed by atoms with E-state index in [0.717, 1.165) is 19.4 Å². The van der Waals surface area contributed by atoms with E-state index in [2.05, 4.69) is 19.2 Å². The minimum Gasteiger partial charge on any atom is -0.444 e. The van der Waals surface area contributed by atoms with E-state index >= 15 is 0 Å². The van der Waals surface area contributed by atoms with Gasteiger partial charge in [0.15, 0.2) is 0 Å². The van der Waals surface area contributed by atoms with Gasteiger partial charge in [0.2, 0.25) is 0 Å². The summed E-state index contributed by atoms with van der Waals surface area (Å²) in [6.07, 6.45) is 1.84. The first kappa shape index (κ1) is 14.3.